The minimum Gasteiger partial charge on any atom is -0.341 e. The lowest BCUT2D eigenvalue weighted by molar-refractivity contribution is 0.0504. The quantitative estimate of drug-likeness (QED) is 0.524. The minimum absolute atomic E-state index is 0.122. The van der Waals surface area contributed by atoms with Gasteiger partial charge in [-0.15, -0.1) is 0 Å². The van der Waals surface area contributed by atoms with Gasteiger partial charge in [-0.25, -0.2) is 9.37 Å². The van der Waals surface area contributed by atoms with E-state index in [1.807, 2.05) is 29.0 Å². The predicted molar refractivity (Wildman–Crippen MR) is 116 cm³/mol. The summed E-state index contributed by atoms with van der Waals surface area (Å²) in [6.45, 7) is 2.41. The lowest BCUT2D eigenvalue weighted by Gasteiger charge is -2.34. The Kier molecular flexibility index (Phi) is 4.84. The van der Waals surface area contributed by atoms with Crippen LogP contribution in [0.4, 0.5) is 10.4 Å². The van der Waals surface area contributed by atoms with Crippen LogP contribution in [-0.2, 0) is 0 Å². The highest BCUT2D eigenvalue weighted by atomic mass is 19.1. The summed E-state index contributed by atoms with van der Waals surface area (Å²) in [6, 6.07) is 5.92. The number of carbonyl (C=O) groups excluding carboxylic acids is 1. The van der Waals surface area contributed by atoms with Crippen molar-refractivity contribution in [2.45, 2.75) is 25.4 Å². The average molecular weight is 435 g/mol. The molecular formula is C22H22FN7O2. The maximum atomic E-state index is 14.1. The van der Waals surface area contributed by atoms with Crippen molar-refractivity contribution in [1.82, 2.24) is 29.6 Å². The van der Waals surface area contributed by atoms with Gasteiger partial charge in [0.1, 0.15) is 11.3 Å². The number of amides is 1. The van der Waals surface area contributed by atoms with Crippen LogP contribution in [0.1, 0.15) is 30.1 Å². The number of nitrogens with one attached hydrogen (secondary N) is 1. The van der Waals surface area contributed by atoms with Crippen molar-refractivity contribution < 1.29 is 13.7 Å². The number of fused-ring (bicyclic) bond motifs is 1. The van der Waals surface area contributed by atoms with Crippen LogP contribution >= 0.6 is 0 Å². The number of alkyl halides is 1. The molecule has 1 N–H and O–H groups in total. The number of pyridine rings is 2. The number of anilines is 1. The molecule has 0 atom stereocenters. The lowest BCUT2D eigenvalue weighted by atomic mass is 9.95. The molecule has 1 fully saturated rings. The van der Waals surface area contributed by atoms with Crippen LogP contribution in [0.15, 0.2) is 47.5 Å². The van der Waals surface area contributed by atoms with Crippen molar-refractivity contribution in [1.29, 1.82) is 0 Å². The molecule has 0 spiro atoms. The third-order valence-corrected chi connectivity index (χ3v) is 5.77. The molecule has 4 aromatic rings. The second kappa shape index (κ2) is 7.70. The first kappa shape index (κ1) is 20.1. The van der Waals surface area contributed by atoms with E-state index >= 15 is 0 Å². The Hall–Kier alpha value is -3.82. The Morgan fingerprint density at radius 1 is 1.22 bits per heavy atom. The molecule has 32 heavy (non-hydrogen) atoms. The molecule has 5 rings (SSSR count). The zero-order chi connectivity index (χ0) is 22.3. The maximum absolute atomic E-state index is 14.1. The fourth-order valence-corrected chi connectivity index (χ4v) is 3.83. The smallest absolute Gasteiger partial charge is 0.321 e. The average Bonchev–Trinajstić information content (AvgIpc) is 3.45. The Balaban J connectivity index is 1.42. The van der Waals surface area contributed by atoms with Gasteiger partial charge in [0.05, 0.1) is 17.4 Å². The summed E-state index contributed by atoms with van der Waals surface area (Å²) in [5.74, 6) is 0.302. The van der Waals surface area contributed by atoms with E-state index in [1.54, 1.807) is 37.5 Å². The standard InChI is InChI=1S/C22H22FN7O2/c1-22(23)4-7-29(8-5-22)20(31)16-9-14-3-6-30(19(14)26-12-16)17-10-15(11-25-13-17)18-27-21(24-2)32-28-18/h3,6,9-13H,4-5,7-8H2,1-2H3,(H,24,27,28). The number of hydrogen-bond donors (Lipinski definition) is 1. The van der Waals surface area contributed by atoms with Gasteiger partial charge in [-0.3, -0.25) is 14.3 Å². The number of likely N-dealkylation sites (tertiary alicyclic amines) is 1. The van der Waals surface area contributed by atoms with Crippen molar-refractivity contribution >= 4 is 23.0 Å². The molecule has 0 aromatic carbocycles. The van der Waals surface area contributed by atoms with Gasteiger partial charge in [0.2, 0.25) is 5.82 Å². The first-order chi connectivity index (χ1) is 15.4. The second-order valence-electron chi connectivity index (χ2n) is 8.13. The number of piperidine rings is 1. The summed E-state index contributed by atoms with van der Waals surface area (Å²) < 4.78 is 21.0. The highest BCUT2D eigenvalue weighted by molar-refractivity contribution is 5.97. The zero-order valence-corrected chi connectivity index (χ0v) is 17.7. The van der Waals surface area contributed by atoms with Crippen molar-refractivity contribution in [3.8, 4) is 17.1 Å². The van der Waals surface area contributed by atoms with Crippen molar-refractivity contribution in [3.05, 3.63) is 48.5 Å². The van der Waals surface area contributed by atoms with Gasteiger partial charge in [-0.1, -0.05) is 5.16 Å². The molecule has 1 amide bonds. The van der Waals surface area contributed by atoms with Gasteiger partial charge in [-0.05, 0) is 38.0 Å². The molecule has 0 saturated carbocycles. The molecule has 4 aromatic heterocycles. The number of carbonyl (C=O) groups is 1. The first-order valence-electron chi connectivity index (χ1n) is 10.4. The summed E-state index contributed by atoms with van der Waals surface area (Å²) >= 11 is 0. The van der Waals surface area contributed by atoms with E-state index in [9.17, 15) is 9.18 Å². The normalized spacial score (nSPS) is 15.8. The molecule has 1 aliphatic rings. The maximum Gasteiger partial charge on any atom is 0.321 e. The first-order valence-corrected chi connectivity index (χ1v) is 10.4. The highest BCUT2D eigenvalue weighted by Crippen LogP contribution is 2.27. The van der Waals surface area contributed by atoms with E-state index in [-0.39, 0.29) is 5.91 Å². The Morgan fingerprint density at radius 2 is 2.03 bits per heavy atom. The Bertz CT molecular complexity index is 1290. The van der Waals surface area contributed by atoms with Gasteiger partial charge in [-0.2, -0.15) is 4.98 Å². The molecule has 0 radical (unpaired) electrons. The summed E-state index contributed by atoms with van der Waals surface area (Å²) in [4.78, 5) is 27.7. The molecule has 0 unspecified atom stereocenters. The van der Waals surface area contributed by atoms with Crippen LogP contribution in [0, 0.1) is 0 Å². The van der Waals surface area contributed by atoms with Gasteiger partial charge >= 0.3 is 6.01 Å². The van der Waals surface area contributed by atoms with Crippen LogP contribution in [0.5, 0.6) is 0 Å². The third-order valence-electron chi connectivity index (χ3n) is 5.77. The summed E-state index contributed by atoms with van der Waals surface area (Å²) in [6.07, 6.45) is 7.52. The van der Waals surface area contributed by atoms with Crippen LogP contribution in [0.2, 0.25) is 0 Å². The topological polar surface area (TPSA) is 102 Å². The fourth-order valence-electron chi connectivity index (χ4n) is 3.83. The van der Waals surface area contributed by atoms with E-state index in [0.29, 0.717) is 54.5 Å². The SMILES string of the molecule is CNc1nc(-c2cncc(-n3ccc4cc(C(=O)N5CCC(C)(F)CC5)cnc43)c2)no1. The van der Waals surface area contributed by atoms with E-state index in [0.717, 1.165) is 11.1 Å². The largest absolute Gasteiger partial charge is 0.341 e. The van der Waals surface area contributed by atoms with Crippen LogP contribution < -0.4 is 5.32 Å². The third kappa shape index (κ3) is 3.68. The van der Waals surface area contributed by atoms with Crippen molar-refractivity contribution in [2.24, 2.45) is 0 Å². The molecule has 1 aliphatic heterocycles. The van der Waals surface area contributed by atoms with Crippen LogP contribution in [0.3, 0.4) is 0 Å². The van der Waals surface area contributed by atoms with Crippen molar-refractivity contribution in [2.75, 3.05) is 25.5 Å². The van der Waals surface area contributed by atoms with E-state index in [4.69, 9.17) is 4.52 Å². The summed E-state index contributed by atoms with van der Waals surface area (Å²) in [5, 5.41) is 7.57. The summed E-state index contributed by atoms with van der Waals surface area (Å²) in [7, 11) is 1.70. The molecule has 0 bridgehead atoms. The fraction of sp³-hybridized carbons (Fsp3) is 0.318. The van der Waals surface area contributed by atoms with Crippen LogP contribution in [-0.4, -0.2) is 61.3 Å². The van der Waals surface area contributed by atoms with E-state index in [2.05, 4.69) is 25.4 Å². The number of rotatable bonds is 4. The lowest BCUT2D eigenvalue weighted by Crippen LogP contribution is -2.43. The number of hydrogen-bond acceptors (Lipinski definition) is 7. The molecule has 10 heteroatoms. The van der Waals surface area contributed by atoms with E-state index in [1.165, 1.54) is 0 Å². The number of nitrogens with zero attached hydrogens (tertiary/aromatic N) is 6. The zero-order valence-electron chi connectivity index (χ0n) is 17.7. The second-order valence-corrected chi connectivity index (χ2v) is 8.13. The predicted octanol–water partition coefficient (Wildman–Crippen LogP) is 3.48. The van der Waals surface area contributed by atoms with Gasteiger partial charge in [0, 0.05) is 49.7 Å². The highest BCUT2D eigenvalue weighted by Gasteiger charge is 2.32. The molecular weight excluding hydrogens is 413 g/mol. The number of halogens is 1. The molecule has 9 nitrogen and oxygen atoms in total. The number of aromatic nitrogens is 5. The molecule has 1 saturated heterocycles. The van der Waals surface area contributed by atoms with Gasteiger partial charge in [0.25, 0.3) is 5.91 Å². The minimum atomic E-state index is -1.20. The van der Waals surface area contributed by atoms with Crippen LogP contribution in [0.25, 0.3) is 28.1 Å². The molecule has 0 aliphatic carbocycles. The summed E-state index contributed by atoms with van der Waals surface area (Å²) in [5.41, 5.74) is 1.47. The molecule has 5 heterocycles. The van der Waals surface area contributed by atoms with Gasteiger partial charge in [0.15, 0.2) is 0 Å². The Morgan fingerprint density at radius 3 is 2.78 bits per heavy atom. The van der Waals surface area contributed by atoms with Crippen molar-refractivity contribution in [3.63, 3.8) is 0 Å². The Labute approximate surface area is 183 Å². The molecule has 164 valence electrons. The monoisotopic (exact) mass is 435 g/mol. The van der Waals surface area contributed by atoms with Gasteiger partial charge < -0.3 is 14.7 Å². The van der Waals surface area contributed by atoms with E-state index < -0.39 is 5.67 Å².